The van der Waals surface area contributed by atoms with Crippen LogP contribution in [-0.4, -0.2) is 45.5 Å². The van der Waals surface area contributed by atoms with Crippen LogP contribution in [0.4, 0.5) is 5.69 Å². The first-order chi connectivity index (χ1) is 16.2. The summed E-state index contributed by atoms with van der Waals surface area (Å²) in [4.78, 5) is 14.7. The molecule has 0 fully saturated rings. The third kappa shape index (κ3) is 6.66. The van der Waals surface area contributed by atoms with Gasteiger partial charge < -0.3 is 4.90 Å². The number of anilines is 1. The maximum atomic E-state index is 13.3. The van der Waals surface area contributed by atoms with Crippen molar-refractivity contribution in [2.24, 2.45) is 5.10 Å². The van der Waals surface area contributed by atoms with Crippen molar-refractivity contribution < 1.29 is 13.2 Å². The van der Waals surface area contributed by atoms with Crippen molar-refractivity contribution in [3.05, 3.63) is 94.5 Å². The number of aryl methyl sites for hydroxylation is 1. The first kappa shape index (κ1) is 25.4. The minimum atomic E-state index is -3.96. The van der Waals surface area contributed by atoms with Gasteiger partial charge in [0.05, 0.1) is 17.7 Å². The van der Waals surface area contributed by atoms with E-state index in [4.69, 9.17) is 11.6 Å². The SMILES string of the molecule is Cc1ccccc1CN(CC(=O)N/N=C\c1ccc(N(C)C)cc1)S(=O)(=O)c1ccc(Cl)cc1. The van der Waals surface area contributed by atoms with Crippen LogP contribution in [0.2, 0.25) is 5.02 Å². The zero-order valence-electron chi connectivity index (χ0n) is 19.3. The number of carbonyl (C=O) groups excluding carboxylic acids is 1. The monoisotopic (exact) mass is 498 g/mol. The Bertz CT molecular complexity index is 1260. The molecular weight excluding hydrogens is 472 g/mol. The number of carbonyl (C=O) groups is 1. The molecule has 0 radical (unpaired) electrons. The van der Waals surface area contributed by atoms with Gasteiger partial charge in [0.15, 0.2) is 0 Å². The number of rotatable bonds is 9. The molecule has 0 aliphatic carbocycles. The van der Waals surface area contributed by atoms with Gasteiger partial charge in [-0.15, -0.1) is 0 Å². The van der Waals surface area contributed by atoms with Gasteiger partial charge in [0.25, 0.3) is 5.91 Å². The molecule has 3 rings (SSSR count). The molecule has 7 nitrogen and oxygen atoms in total. The number of sulfonamides is 1. The summed E-state index contributed by atoms with van der Waals surface area (Å²) in [5.41, 5.74) is 6.00. The van der Waals surface area contributed by atoms with Crippen LogP contribution < -0.4 is 10.3 Å². The summed E-state index contributed by atoms with van der Waals surface area (Å²) in [6.07, 6.45) is 1.51. The Morgan fingerprint density at radius 2 is 1.65 bits per heavy atom. The molecule has 0 saturated heterocycles. The van der Waals surface area contributed by atoms with Crippen LogP contribution in [0.1, 0.15) is 16.7 Å². The summed E-state index contributed by atoms with van der Waals surface area (Å²) in [5, 5.41) is 4.41. The lowest BCUT2D eigenvalue weighted by Crippen LogP contribution is -2.39. The smallest absolute Gasteiger partial charge is 0.255 e. The summed E-state index contributed by atoms with van der Waals surface area (Å²) >= 11 is 5.92. The minimum Gasteiger partial charge on any atom is -0.378 e. The van der Waals surface area contributed by atoms with Crippen molar-refractivity contribution >= 4 is 39.4 Å². The van der Waals surface area contributed by atoms with Gasteiger partial charge in [-0.25, -0.2) is 13.8 Å². The van der Waals surface area contributed by atoms with Crippen molar-refractivity contribution in [3.8, 4) is 0 Å². The highest BCUT2D eigenvalue weighted by Gasteiger charge is 2.27. The summed E-state index contributed by atoms with van der Waals surface area (Å²) in [6.45, 7) is 1.55. The van der Waals surface area contributed by atoms with Crippen LogP contribution in [0, 0.1) is 6.92 Å². The molecule has 3 aromatic carbocycles. The first-order valence-electron chi connectivity index (χ1n) is 10.6. The van der Waals surface area contributed by atoms with Gasteiger partial charge in [-0.1, -0.05) is 48.0 Å². The Morgan fingerprint density at radius 3 is 2.26 bits per heavy atom. The second-order valence-corrected chi connectivity index (χ2v) is 10.3. The molecule has 0 bridgehead atoms. The molecule has 0 saturated carbocycles. The number of hydrogen-bond donors (Lipinski definition) is 1. The fourth-order valence-electron chi connectivity index (χ4n) is 3.19. The molecule has 3 aromatic rings. The quantitative estimate of drug-likeness (QED) is 0.356. The van der Waals surface area contributed by atoms with Crippen molar-refractivity contribution in [2.45, 2.75) is 18.4 Å². The summed E-state index contributed by atoms with van der Waals surface area (Å²) in [6, 6.07) is 20.9. The molecule has 0 aliphatic rings. The number of nitrogens with zero attached hydrogens (tertiary/aromatic N) is 3. The number of nitrogens with one attached hydrogen (secondary N) is 1. The van der Waals surface area contributed by atoms with Crippen LogP contribution in [0.15, 0.2) is 82.8 Å². The van der Waals surface area contributed by atoms with E-state index in [0.717, 1.165) is 26.7 Å². The maximum Gasteiger partial charge on any atom is 0.255 e. The Morgan fingerprint density at radius 1 is 1.00 bits per heavy atom. The zero-order chi connectivity index (χ0) is 24.7. The molecule has 0 aromatic heterocycles. The third-order valence-electron chi connectivity index (χ3n) is 5.19. The predicted molar refractivity (Wildman–Crippen MR) is 137 cm³/mol. The van der Waals surface area contributed by atoms with Gasteiger partial charge >= 0.3 is 0 Å². The zero-order valence-corrected chi connectivity index (χ0v) is 20.8. The lowest BCUT2D eigenvalue weighted by molar-refractivity contribution is -0.121. The highest BCUT2D eigenvalue weighted by molar-refractivity contribution is 7.89. The van der Waals surface area contributed by atoms with Gasteiger partial charge in [-0.2, -0.15) is 9.41 Å². The second kappa shape index (κ2) is 11.3. The molecular formula is C25H27ClN4O3S. The van der Waals surface area contributed by atoms with Gasteiger partial charge in [0.2, 0.25) is 10.0 Å². The molecule has 34 heavy (non-hydrogen) atoms. The number of benzene rings is 3. The summed E-state index contributed by atoms with van der Waals surface area (Å²) in [5.74, 6) is -0.549. The Labute approximate surface area is 205 Å². The van der Waals surface area contributed by atoms with E-state index in [9.17, 15) is 13.2 Å². The average molecular weight is 499 g/mol. The predicted octanol–water partition coefficient (Wildman–Crippen LogP) is 4.06. The topological polar surface area (TPSA) is 82.1 Å². The van der Waals surface area contributed by atoms with Crippen molar-refractivity contribution in [3.63, 3.8) is 0 Å². The number of amides is 1. The lowest BCUT2D eigenvalue weighted by atomic mass is 10.1. The number of hydrogen-bond acceptors (Lipinski definition) is 5. The highest BCUT2D eigenvalue weighted by Crippen LogP contribution is 2.21. The van der Waals surface area contributed by atoms with E-state index >= 15 is 0 Å². The third-order valence-corrected chi connectivity index (χ3v) is 7.25. The molecule has 0 spiro atoms. The Hall–Kier alpha value is -3.20. The van der Waals surface area contributed by atoms with E-state index in [1.165, 1.54) is 30.5 Å². The second-order valence-electron chi connectivity index (χ2n) is 7.93. The van der Waals surface area contributed by atoms with E-state index in [1.54, 1.807) is 0 Å². The molecule has 0 atom stereocenters. The Kier molecular flexibility index (Phi) is 8.44. The van der Waals surface area contributed by atoms with Gasteiger partial charge in [-0.3, -0.25) is 4.79 Å². The van der Waals surface area contributed by atoms with E-state index in [0.29, 0.717) is 5.02 Å². The average Bonchev–Trinajstić information content (AvgIpc) is 2.80. The van der Waals surface area contributed by atoms with Crippen molar-refractivity contribution in [1.82, 2.24) is 9.73 Å². The minimum absolute atomic E-state index is 0.0424. The fourth-order valence-corrected chi connectivity index (χ4v) is 4.69. The van der Waals surface area contributed by atoms with E-state index < -0.39 is 22.5 Å². The van der Waals surface area contributed by atoms with Gasteiger partial charge in [0, 0.05) is 31.4 Å². The van der Waals surface area contributed by atoms with Crippen LogP contribution in [-0.2, 0) is 21.4 Å². The molecule has 178 valence electrons. The van der Waals surface area contributed by atoms with E-state index in [1.807, 2.05) is 74.4 Å². The fraction of sp³-hybridized carbons (Fsp3) is 0.200. The molecule has 9 heteroatoms. The van der Waals surface area contributed by atoms with Crippen LogP contribution in [0.5, 0.6) is 0 Å². The summed E-state index contributed by atoms with van der Waals surface area (Å²) in [7, 11) is -0.0636. The molecule has 1 N–H and O–H groups in total. The van der Waals surface area contributed by atoms with Crippen molar-refractivity contribution in [2.75, 3.05) is 25.5 Å². The molecule has 0 heterocycles. The lowest BCUT2D eigenvalue weighted by Gasteiger charge is -2.22. The molecule has 0 unspecified atom stereocenters. The van der Waals surface area contributed by atoms with Crippen LogP contribution in [0.3, 0.4) is 0 Å². The van der Waals surface area contributed by atoms with Crippen molar-refractivity contribution in [1.29, 1.82) is 0 Å². The summed E-state index contributed by atoms with van der Waals surface area (Å²) < 4.78 is 27.8. The van der Waals surface area contributed by atoms with E-state index in [2.05, 4.69) is 10.5 Å². The van der Waals surface area contributed by atoms with E-state index in [-0.39, 0.29) is 11.4 Å². The van der Waals surface area contributed by atoms with Gasteiger partial charge in [-0.05, 0) is 60.0 Å². The van der Waals surface area contributed by atoms with Crippen LogP contribution in [0.25, 0.3) is 0 Å². The first-order valence-corrected chi connectivity index (χ1v) is 12.4. The van der Waals surface area contributed by atoms with Gasteiger partial charge in [0.1, 0.15) is 0 Å². The largest absolute Gasteiger partial charge is 0.378 e. The number of halogens is 1. The number of hydrazone groups is 1. The normalized spacial score (nSPS) is 11.7. The highest BCUT2D eigenvalue weighted by atomic mass is 35.5. The standard InChI is InChI=1S/C25H27ClN4O3S/c1-19-6-4-5-7-21(19)17-30(34(32,33)24-14-10-22(26)11-15-24)18-25(31)28-27-16-20-8-12-23(13-9-20)29(2)3/h4-16H,17-18H2,1-3H3,(H,28,31)/b27-16-. The molecule has 1 amide bonds. The Balaban J connectivity index is 1.77. The van der Waals surface area contributed by atoms with Crippen LogP contribution >= 0.6 is 11.6 Å². The maximum absolute atomic E-state index is 13.3. The molecule has 0 aliphatic heterocycles.